The Kier molecular flexibility index (Phi) is 7.32. The number of nitrogens with one attached hydrogen (secondary N) is 1. The van der Waals surface area contributed by atoms with Crippen LogP contribution in [0.4, 0.5) is 0 Å². The molecule has 10 nitrogen and oxygen atoms in total. The SMILES string of the molecule is CCOC(=O)c1[nH]c(C)c(/C(O)=C2/C(=O)C(=O)N(CCN3CCOCC3)C2c2cccnc2)c1C. The Bertz CT molecular complexity index is 1150. The van der Waals surface area contributed by atoms with E-state index < -0.39 is 23.7 Å². The zero-order valence-electron chi connectivity index (χ0n) is 20.2. The normalized spacial score (nSPS) is 20.4. The summed E-state index contributed by atoms with van der Waals surface area (Å²) in [4.78, 5) is 49.6. The Labute approximate surface area is 203 Å². The number of esters is 1. The summed E-state index contributed by atoms with van der Waals surface area (Å²) >= 11 is 0. The number of aromatic nitrogens is 2. The third kappa shape index (κ3) is 4.71. The highest BCUT2D eigenvalue weighted by Gasteiger charge is 2.46. The van der Waals surface area contributed by atoms with Crippen molar-refractivity contribution < 1.29 is 29.0 Å². The molecule has 0 aromatic carbocycles. The largest absolute Gasteiger partial charge is 0.507 e. The molecule has 0 aliphatic carbocycles. The molecule has 186 valence electrons. The van der Waals surface area contributed by atoms with Gasteiger partial charge >= 0.3 is 5.97 Å². The van der Waals surface area contributed by atoms with Gasteiger partial charge in [-0.2, -0.15) is 0 Å². The van der Waals surface area contributed by atoms with E-state index in [0.717, 1.165) is 13.1 Å². The van der Waals surface area contributed by atoms with Gasteiger partial charge in [-0.15, -0.1) is 0 Å². The number of ether oxygens (including phenoxy) is 2. The molecule has 0 bridgehead atoms. The molecule has 4 heterocycles. The van der Waals surface area contributed by atoms with E-state index in [2.05, 4.69) is 14.9 Å². The van der Waals surface area contributed by atoms with Crippen LogP contribution in [-0.2, 0) is 19.1 Å². The van der Waals surface area contributed by atoms with E-state index in [-0.39, 0.29) is 23.6 Å². The molecule has 35 heavy (non-hydrogen) atoms. The zero-order chi connectivity index (χ0) is 25.1. The maximum atomic E-state index is 13.3. The van der Waals surface area contributed by atoms with Crippen molar-refractivity contribution in [2.24, 2.45) is 0 Å². The number of morpholine rings is 1. The quantitative estimate of drug-likeness (QED) is 0.266. The first-order chi connectivity index (χ1) is 16.8. The number of ketones is 1. The number of pyridine rings is 1. The van der Waals surface area contributed by atoms with Gasteiger partial charge in [0.15, 0.2) is 0 Å². The third-order valence-electron chi connectivity index (χ3n) is 6.45. The number of amides is 1. The Hall–Kier alpha value is -3.50. The molecule has 2 aromatic rings. The number of aliphatic hydroxyl groups is 1. The van der Waals surface area contributed by atoms with Crippen molar-refractivity contribution in [2.45, 2.75) is 26.8 Å². The number of H-pyrrole nitrogens is 1. The minimum Gasteiger partial charge on any atom is -0.507 e. The Morgan fingerprint density at radius 1 is 1.26 bits per heavy atom. The summed E-state index contributed by atoms with van der Waals surface area (Å²) in [5.74, 6) is -2.32. The topological polar surface area (TPSA) is 125 Å². The number of hydrogen-bond acceptors (Lipinski definition) is 8. The van der Waals surface area contributed by atoms with Crippen LogP contribution in [0.25, 0.3) is 5.76 Å². The minimum atomic E-state index is -0.801. The summed E-state index contributed by atoms with van der Waals surface area (Å²) in [6.07, 6.45) is 3.20. The van der Waals surface area contributed by atoms with E-state index in [1.165, 1.54) is 4.90 Å². The second kappa shape index (κ2) is 10.4. The van der Waals surface area contributed by atoms with E-state index in [1.54, 1.807) is 45.3 Å². The monoisotopic (exact) mass is 482 g/mol. The lowest BCUT2D eigenvalue weighted by molar-refractivity contribution is -0.140. The smallest absolute Gasteiger partial charge is 0.355 e. The predicted octanol–water partition coefficient (Wildman–Crippen LogP) is 1.96. The lowest BCUT2D eigenvalue weighted by atomic mass is 9.95. The zero-order valence-corrected chi connectivity index (χ0v) is 20.2. The van der Waals surface area contributed by atoms with Gasteiger partial charge in [-0.3, -0.25) is 19.5 Å². The highest BCUT2D eigenvalue weighted by molar-refractivity contribution is 6.46. The number of hydrogen-bond donors (Lipinski definition) is 2. The van der Waals surface area contributed by atoms with Crippen molar-refractivity contribution in [2.75, 3.05) is 46.0 Å². The standard InChI is InChI=1S/C25H30N4O6/c1-4-35-25(33)20-15(2)18(16(3)27-20)22(30)19-21(17-6-5-7-26-14-17)29(24(32)23(19)31)9-8-28-10-12-34-13-11-28/h5-7,14,21,27,30H,4,8-13H2,1-3H3/b22-19-. The van der Waals surface area contributed by atoms with E-state index >= 15 is 0 Å². The fourth-order valence-electron chi connectivity index (χ4n) is 4.72. The summed E-state index contributed by atoms with van der Waals surface area (Å²) in [6.45, 7) is 8.89. The van der Waals surface area contributed by atoms with Crippen LogP contribution in [0.1, 0.15) is 45.8 Å². The highest BCUT2D eigenvalue weighted by Crippen LogP contribution is 2.40. The average molecular weight is 483 g/mol. The van der Waals surface area contributed by atoms with Crippen molar-refractivity contribution in [3.63, 3.8) is 0 Å². The highest BCUT2D eigenvalue weighted by atomic mass is 16.5. The molecule has 0 spiro atoms. The van der Waals surface area contributed by atoms with Gasteiger partial charge < -0.3 is 24.5 Å². The molecule has 0 saturated carbocycles. The van der Waals surface area contributed by atoms with E-state index in [1.807, 2.05) is 0 Å². The van der Waals surface area contributed by atoms with Crippen LogP contribution < -0.4 is 0 Å². The lowest BCUT2D eigenvalue weighted by Crippen LogP contribution is -2.42. The number of likely N-dealkylation sites (tertiary alicyclic amines) is 1. The van der Waals surface area contributed by atoms with Gasteiger partial charge in [-0.05, 0) is 38.0 Å². The second-order valence-corrected chi connectivity index (χ2v) is 8.58. The Morgan fingerprint density at radius 3 is 2.66 bits per heavy atom. The van der Waals surface area contributed by atoms with Gasteiger partial charge in [-0.1, -0.05) is 6.07 Å². The van der Waals surface area contributed by atoms with Gasteiger partial charge in [0.2, 0.25) is 0 Å². The van der Waals surface area contributed by atoms with Crippen LogP contribution in [0.5, 0.6) is 0 Å². The first kappa shape index (κ1) is 24.6. The summed E-state index contributed by atoms with van der Waals surface area (Å²) in [7, 11) is 0. The minimum absolute atomic E-state index is 0.0226. The maximum Gasteiger partial charge on any atom is 0.355 e. The first-order valence-electron chi connectivity index (χ1n) is 11.7. The van der Waals surface area contributed by atoms with Crippen LogP contribution in [-0.4, -0.2) is 88.5 Å². The van der Waals surface area contributed by atoms with Gasteiger partial charge in [-0.25, -0.2) is 4.79 Å². The van der Waals surface area contributed by atoms with Gasteiger partial charge in [0, 0.05) is 49.8 Å². The fraction of sp³-hybridized carbons (Fsp3) is 0.440. The van der Waals surface area contributed by atoms with Crippen molar-refractivity contribution in [3.05, 3.63) is 58.2 Å². The van der Waals surface area contributed by atoms with E-state index in [0.29, 0.717) is 48.7 Å². The number of carbonyl (C=O) groups is 3. The third-order valence-corrected chi connectivity index (χ3v) is 6.45. The van der Waals surface area contributed by atoms with E-state index in [4.69, 9.17) is 9.47 Å². The number of aryl methyl sites for hydroxylation is 1. The van der Waals surface area contributed by atoms with Crippen molar-refractivity contribution in [1.82, 2.24) is 19.8 Å². The molecular weight excluding hydrogens is 452 g/mol. The Balaban J connectivity index is 1.77. The van der Waals surface area contributed by atoms with Gasteiger partial charge in [0.25, 0.3) is 11.7 Å². The Morgan fingerprint density at radius 2 is 2.00 bits per heavy atom. The predicted molar refractivity (Wildman–Crippen MR) is 127 cm³/mol. The van der Waals surface area contributed by atoms with Crippen LogP contribution in [0.15, 0.2) is 30.1 Å². The number of aliphatic hydroxyl groups excluding tert-OH is 1. The molecule has 4 rings (SSSR count). The second-order valence-electron chi connectivity index (χ2n) is 8.58. The van der Waals surface area contributed by atoms with Gasteiger partial charge in [0.1, 0.15) is 11.5 Å². The number of rotatable bonds is 7. The number of Topliss-reactive ketones (excluding diaryl/α,β-unsaturated/α-hetero) is 1. The maximum absolute atomic E-state index is 13.3. The van der Waals surface area contributed by atoms with Crippen molar-refractivity contribution in [1.29, 1.82) is 0 Å². The van der Waals surface area contributed by atoms with Crippen LogP contribution in [0, 0.1) is 13.8 Å². The first-order valence-corrected chi connectivity index (χ1v) is 11.7. The number of nitrogens with zero attached hydrogens (tertiary/aromatic N) is 3. The summed E-state index contributed by atoms with van der Waals surface area (Å²) in [5.41, 5.74) is 2.05. The molecule has 10 heteroatoms. The summed E-state index contributed by atoms with van der Waals surface area (Å²) in [6, 6.07) is 2.70. The molecule has 2 aromatic heterocycles. The summed E-state index contributed by atoms with van der Waals surface area (Å²) in [5, 5.41) is 11.4. The fourth-order valence-corrected chi connectivity index (χ4v) is 4.72. The lowest BCUT2D eigenvalue weighted by Gasteiger charge is -2.30. The molecule has 1 amide bonds. The number of carbonyl (C=O) groups excluding carboxylic acids is 3. The van der Waals surface area contributed by atoms with Crippen LogP contribution >= 0.6 is 0 Å². The molecule has 2 aliphatic heterocycles. The molecule has 2 aliphatic rings. The molecule has 2 N–H and O–H groups in total. The van der Waals surface area contributed by atoms with Gasteiger partial charge in [0.05, 0.1) is 31.4 Å². The molecule has 2 saturated heterocycles. The molecule has 2 fully saturated rings. The summed E-state index contributed by atoms with van der Waals surface area (Å²) < 4.78 is 10.5. The molecule has 1 unspecified atom stereocenters. The van der Waals surface area contributed by atoms with E-state index in [9.17, 15) is 19.5 Å². The molecular formula is C25H30N4O6. The van der Waals surface area contributed by atoms with Crippen molar-refractivity contribution >= 4 is 23.4 Å². The van der Waals surface area contributed by atoms with Crippen molar-refractivity contribution in [3.8, 4) is 0 Å². The molecule has 1 atom stereocenters. The van der Waals surface area contributed by atoms with Crippen LogP contribution in [0.2, 0.25) is 0 Å². The average Bonchev–Trinajstić information content (AvgIpc) is 3.30. The number of aromatic amines is 1. The molecule has 0 radical (unpaired) electrons. The van der Waals surface area contributed by atoms with Crippen LogP contribution in [0.3, 0.4) is 0 Å².